The highest BCUT2D eigenvalue weighted by Crippen LogP contribution is 2.49. The molecule has 8 nitrogen and oxygen atoms in total. The van der Waals surface area contributed by atoms with Gasteiger partial charge in [0.1, 0.15) is 5.54 Å². The molecule has 3 unspecified atom stereocenters. The average Bonchev–Trinajstić information content (AvgIpc) is 3.52. The van der Waals surface area contributed by atoms with Crippen LogP contribution in [0.4, 0.5) is 5.69 Å². The minimum absolute atomic E-state index is 0.166. The Morgan fingerprint density at radius 2 is 2.00 bits per heavy atom. The molecule has 37 heavy (non-hydrogen) atoms. The van der Waals surface area contributed by atoms with Crippen LogP contribution in [0.1, 0.15) is 56.9 Å². The number of nitrogens with one attached hydrogen (secondary N) is 1. The van der Waals surface area contributed by atoms with Crippen molar-refractivity contribution < 1.29 is 14.4 Å². The normalized spacial score (nSPS) is 22.9. The Morgan fingerprint density at radius 1 is 1.27 bits per heavy atom. The topological polar surface area (TPSA) is 145 Å². The number of nitrogens with zero attached hydrogens (tertiary/aromatic N) is 1. The van der Waals surface area contributed by atoms with Crippen LogP contribution in [0.3, 0.4) is 0 Å². The maximum atomic E-state index is 13.9. The van der Waals surface area contributed by atoms with Crippen molar-refractivity contribution in [3.8, 4) is 0 Å². The molecule has 5 rings (SSSR count). The van der Waals surface area contributed by atoms with Crippen molar-refractivity contribution in [1.29, 1.82) is 0 Å². The van der Waals surface area contributed by atoms with Gasteiger partial charge in [0.25, 0.3) is 5.91 Å². The molecular weight excluding hydrogens is 486 g/mol. The van der Waals surface area contributed by atoms with Gasteiger partial charge in [-0.25, -0.2) is 0 Å². The van der Waals surface area contributed by atoms with Gasteiger partial charge in [-0.3, -0.25) is 14.4 Å². The van der Waals surface area contributed by atoms with Crippen LogP contribution in [-0.2, 0) is 21.5 Å². The lowest BCUT2D eigenvalue weighted by Gasteiger charge is -2.37. The molecule has 0 saturated carbocycles. The second kappa shape index (κ2) is 9.09. The van der Waals surface area contributed by atoms with Gasteiger partial charge in [-0.05, 0) is 54.2 Å². The first-order valence-electron chi connectivity index (χ1n) is 12.4. The molecule has 1 fully saturated rings. The molecule has 3 atom stereocenters. The Hall–Kier alpha value is -3.53. The molecule has 7 N–H and O–H groups in total. The Bertz CT molecular complexity index is 1480. The van der Waals surface area contributed by atoms with Crippen molar-refractivity contribution in [1.82, 2.24) is 10.2 Å². The van der Waals surface area contributed by atoms with Crippen LogP contribution in [0.15, 0.2) is 43.0 Å². The Kier molecular flexibility index (Phi) is 6.18. The number of likely N-dealkylation sites (tertiary alicyclic amines) is 1. The number of nitrogens with two attached hydrogens (primary N) is 3. The first kappa shape index (κ1) is 25.1. The molecule has 0 radical (unpaired) electrons. The summed E-state index contributed by atoms with van der Waals surface area (Å²) in [5, 5.41) is 3.70. The fraction of sp³-hybridized carbons (Fsp3) is 0.321. The number of nitrogen functional groups attached to an aromatic ring is 1. The predicted octanol–water partition coefficient (Wildman–Crippen LogP) is 2.66. The molecule has 1 aromatic heterocycles. The third-order valence-corrected chi connectivity index (χ3v) is 8.91. The van der Waals surface area contributed by atoms with Gasteiger partial charge in [0.05, 0.1) is 15.6 Å². The van der Waals surface area contributed by atoms with Gasteiger partial charge < -0.3 is 27.4 Å². The van der Waals surface area contributed by atoms with Crippen molar-refractivity contribution in [2.24, 2.45) is 11.5 Å². The van der Waals surface area contributed by atoms with Crippen molar-refractivity contribution in [3.05, 3.63) is 75.7 Å². The van der Waals surface area contributed by atoms with Crippen molar-refractivity contribution in [2.45, 2.75) is 44.3 Å². The van der Waals surface area contributed by atoms with E-state index in [2.05, 4.69) is 18.8 Å². The second-order valence-electron chi connectivity index (χ2n) is 9.85. The minimum Gasteiger partial charge on any atom is -0.398 e. The molecule has 1 aliphatic heterocycles. The van der Waals surface area contributed by atoms with Crippen LogP contribution in [-0.4, -0.2) is 41.6 Å². The highest BCUT2D eigenvalue weighted by molar-refractivity contribution is 7.21. The molecule has 2 heterocycles. The summed E-state index contributed by atoms with van der Waals surface area (Å²) in [6.45, 7) is 8.48. The van der Waals surface area contributed by atoms with Crippen LogP contribution < -0.4 is 22.5 Å². The Balaban J connectivity index is 1.61. The number of rotatable bonds is 5. The summed E-state index contributed by atoms with van der Waals surface area (Å²) in [4.78, 5) is 41.4. The summed E-state index contributed by atoms with van der Waals surface area (Å²) in [7, 11) is 0. The molecule has 0 bridgehead atoms. The highest BCUT2D eigenvalue weighted by Gasteiger charge is 2.49. The molecule has 1 aliphatic carbocycles. The summed E-state index contributed by atoms with van der Waals surface area (Å²) >= 11 is 1.22. The van der Waals surface area contributed by atoms with E-state index >= 15 is 0 Å². The fourth-order valence-electron chi connectivity index (χ4n) is 5.67. The number of carbonyl (C=O) groups excluding carboxylic acids is 3. The number of aryl methyl sites for hydroxylation is 2. The minimum atomic E-state index is -1.47. The molecule has 2 aliphatic rings. The predicted molar refractivity (Wildman–Crippen MR) is 146 cm³/mol. The van der Waals surface area contributed by atoms with E-state index in [-0.39, 0.29) is 23.6 Å². The maximum absolute atomic E-state index is 13.9. The number of anilines is 1. The largest absolute Gasteiger partial charge is 0.398 e. The van der Waals surface area contributed by atoms with E-state index in [1.165, 1.54) is 17.4 Å². The molecule has 9 heteroatoms. The van der Waals surface area contributed by atoms with Crippen LogP contribution in [0.2, 0.25) is 0 Å². The van der Waals surface area contributed by atoms with Gasteiger partial charge in [-0.15, -0.1) is 11.3 Å². The lowest BCUT2D eigenvalue weighted by Crippen LogP contribution is -2.53. The molecule has 192 valence electrons. The third kappa shape index (κ3) is 3.77. The molecule has 2 amide bonds. The van der Waals surface area contributed by atoms with Crippen LogP contribution in [0.25, 0.3) is 10.1 Å². The van der Waals surface area contributed by atoms with Crippen molar-refractivity contribution in [3.63, 3.8) is 0 Å². The van der Waals surface area contributed by atoms with E-state index in [4.69, 9.17) is 17.2 Å². The van der Waals surface area contributed by atoms with Crippen molar-refractivity contribution in [2.75, 3.05) is 18.8 Å². The van der Waals surface area contributed by atoms with Gasteiger partial charge in [-0.1, -0.05) is 37.8 Å². The lowest BCUT2D eigenvalue weighted by molar-refractivity contribution is -0.125. The summed E-state index contributed by atoms with van der Waals surface area (Å²) in [6.07, 6.45) is 2.76. The maximum Gasteiger partial charge on any atom is 0.262 e. The van der Waals surface area contributed by atoms with Crippen LogP contribution in [0.5, 0.6) is 0 Å². The van der Waals surface area contributed by atoms with Gasteiger partial charge in [0.2, 0.25) is 5.91 Å². The smallest absolute Gasteiger partial charge is 0.262 e. The lowest BCUT2D eigenvalue weighted by atomic mass is 9.69. The molecular formula is C28H31N5O3S. The number of thiophene rings is 1. The monoisotopic (exact) mass is 517 g/mol. The quantitative estimate of drug-likeness (QED) is 0.302. The molecule has 0 spiro atoms. The average molecular weight is 518 g/mol. The second-order valence-corrected chi connectivity index (χ2v) is 10.9. The number of benzene rings is 2. The highest BCUT2D eigenvalue weighted by atomic mass is 32.1. The van der Waals surface area contributed by atoms with E-state index in [1.54, 1.807) is 17.0 Å². The number of hydrogen-bond acceptors (Lipinski definition) is 7. The number of Topliss-reactive ketones (excluding diaryl/α,β-unsaturated/α-hetero) is 1. The SMILES string of the molecule is C=CC(=O)N1CCC(NC(=O)c2sc3c(N)ccc4c3c2C(N)C(=O)C4(N)c2ccc(CC)cc2C)C1. The zero-order valence-electron chi connectivity index (χ0n) is 21.0. The van der Waals surface area contributed by atoms with E-state index in [0.29, 0.717) is 56.9 Å². The number of amides is 2. The Morgan fingerprint density at radius 3 is 2.68 bits per heavy atom. The Labute approximate surface area is 219 Å². The third-order valence-electron chi connectivity index (χ3n) is 7.65. The van der Waals surface area contributed by atoms with Gasteiger partial charge in [0, 0.05) is 35.8 Å². The van der Waals surface area contributed by atoms with E-state index in [9.17, 15) is 14.4 Å². The first-order chi connectivity index (χ1) is 17.6. The summed E-state index contributed by atoms with van der Waals surface area (Å²) in [5.41, 5.74) is 22.8. The van der Waals surface area contributed by atoms with Crippen LogP contribution >= 0.6 is 11.3 Å². The fourth-order valence-corrected chi connectivity index (χ4v) is 6.88. The van der Waals surface area contributed by atoms with Gasteiger partial charge in [0.15, 0.2) is 5.78 Å². The summed E-state index contributed by atoms with van der Waals surface area (Å²) < 4.78 is 0.688. The molecule has 2 aromatic carbocycles. The summed E-state index contributed by atoms with van der Waals surface area (Å²) in [5.74, 6) is -0.870. The number of carbonyl (C=O) groups is 3. The molecule has 1 saturated heterocycles. The van der Waals surface area contributed by atoms with Gasteiger partial charge in [-0.2, -0.15) is 0 Å². The summed E-state index contributed by atoms with van der Waals surface area (Å²) in [6, 6.07) is 8.13. The van der Waals surface area contributed by atoms with E-state index in [0.717, 1.165) is 17.5 Å². The first-order valence-corrected chi connectivity index (χ1v) is 13.2. The van der Waals surface area contributed by atoms with E-state index in [1.807, 2.05) is 25.1 Å². The molecule has 3 aromatic rings. The van der Waals surface area contributed by atoms with Gasteiger partial charge >= 0.3 is 0 Å². The number of ketones is 1. The van der Waals surface area contributed by atoms with Crippen molar-refractivity contribution >= 4 is 44.7 Å². The van der Waals surface area contributed by atoms with E-state index < -0.39 is 11.6 Å². The number of hydrogen-bond donors (Lipinski definition) is 4. The zero-order chi connectivity index (χ0) is 26.6. The standard InChI is InChI=1S/C28H31N5O3S/c1-4-15-6-7-17(14(3)12-15)28(31)18-8-9-19(29)24-21(18)22(23(30)26(28)35)25(37-24)27(36)32-16-10-11-33(13-16)20(34)5-2/h5-9,12,16,23H,2,4,10-11,13,29-31H2,1,3H3,(H,32,36). The zero-order valence-corrected chi connectivity index (χ0v) is 21.8. The van der Waals surface area contributed by atoms with Crippen LogP contribution in [0, 0.1) is 6.92 Å².